The van der Waals surface area contributed by atoms with E-state index in [4.69, 9.17) is 0 Å². The van der Waals surface area contributed by atoms with Crippen LogP contribution in [0.2, 0.25) is 0 Å². The summed E-state index contributed by atoms with van der Waals surface area (Å²) in [6.07, 6.45) is 10.6. The minimum absolute atomic E-state index is 0.477. The van der Waals surface area contributed by atoms with Gasteiger partial charge in [0, 0.05) is 31.9 Å². The molecule has 118 valence electrons. The van der Waals surface area contributed by atoms with Crippen LogP contribution in [0.5, 0.6) is 0 Å². The minimum Gasteiger partial charge on any atom is -0.357 e. The average Bonchev–Trinajstić information content (AvgIpc) is 3.12. The van der Waals surface area contributed by atoms with Gasteiger partial charge in [-0.1, -0.05) is 19.8 Å². The molecule has 0 spiro atoms. The highest BCUT2D eigenvalue weighted by Gasteiger charge is 2.31. The van der Waals surface area contributed by atoms with Gasteiger partial charge in [0.15, 0.2) is 5.96 Å². The maximum absolute atomic E-state index is 4.66. The number of guanidine groups is 1. The molecule has 1 heterocycles. The largest absolute Gasteiger partial charge is 0.357 e. The van der Waals surface area contributed by atoms with Crippen molar-refractivity contribution < 1.29 is 0 Å². The van der Waals surface area contributed by atoms with E-state index in [2.05, 4.69) is 34.6 Å². The summed E-state index contributed by atoms with van der Waals surface area (Å²) >= 11 is 0. The molecule has 1 aromatic heterocycles. The molecular formula is C16H29N5. The molecule has 0 saturated heterocycles. The van der Waals surface area contributed by atoms with E-state index in [-0.39, 0.29) is 0 Å². The lowest BCUT2D eigenvalue weighted by Gasteiger charge is -2.28. The van der Waals surface area contributed by atoms with E-state index in [1.807, 2.05) is 24.1 Å². The Labute approximate surface area is 128 Å². The third-order valence-corrected chi connectivity index (χ3v) is 4.57. The number of nitrogens with zero attached hydrogens (tertiary/aromatic N) is 3. The van der Waals surface area contributed by atoms with Crippen LogP contribution in [0.1, 0.15) is 51.5 Å². The van der Waals surface area contributed by atoms with Crippen molar-refractivity contribution in [2.24, 2.45) is 17.5 Å². The summed E-state index contributed by atoms with van der Waals surface area (Å²) in [5.41, 5.74) is 1.62. The van der Waals surface area contributed by atoms with Gasteiger partial charge in [-0.25, -0.2) is 4.99 Å². The molecule has 0 bridgehead atoms. The van der Waals surface area contributed by atoms with Crippen LogP contribution >= 0.6 is 0 Å². The molecule has 0 aliphatic heterocycles. The summed E-state index contributed by atoms with van der Waals surface area (Å²) in [5.74, 6) is 0.918. The number of nitrogens with one attached hydrogen (secondary N) is 2. The second kappa shape index (κ2) is 7.48. The first-order chi connectivity index (χ1) is 10.2. The first kappa shape index (κ1) is 15.9. The molecule has 2 rings (SSSR count). The maximum Gasteiger partial charge on any atom is 0.191 e. The van der Waals surface area contributed by atoms with Crippen molar-refractivity contribution in [3.8, 4) is 0 Å². The Bertz CT molecular complexity index is 457. The Morgan fingerprint density at radius 2 is 2.10 bits per heavy atom. The quantitative estimate of drug-likeness (QED) is 0.625. The molecule has 1 fully saturated rings. The number of aryl methyl sites for hydroxylation is 1. The van der Waals surface area contributed by atoms with E-state index < -0.39 is 0 Å². The van der Waals surface area contributed by atoms with Crippen LogP contribution in [0, 0.1) is 5.41 Å². The second-order valence-electron chi connectivity index (χ2n) is 6.13. The van der Waals surface area contributed by atoms with Gasteiger partial charge in [0.25, 0.3) is 0 Å². The van der Waals surface area contributed by atoms with Crippen molar-refractivity contribution in [3.63, 3.8) is 0 Å². The molecule has 0 aromatic carbocycles. The lowest BCUT2D eigenvalue weighted by atomic mass is 9.83. The molecule has 0 atom stereocenters. The predicted octanol–water partition coefficient (Wildman–Crippen LogP) is 2.45. The van der Waals surface area contributed by atoms with Crippen LogP contribution in [0.25, 0.3) is 0 Å². The SMILES string of the molecule is CCNC(=NCc1cnn(C)c1)NCC1(CC)CCCC1. The third-order valence-electron chi connectivity index (χ3n) is 4.57. The first-order valence-corrected chi connectivity index (χ1v) is 8.17. The van der Waals surface area contributed by atoms with Gasteiger partial charge in [-0.2, -0.15) is 5.10 Å². The normalized spacial score (nSPS) is 18.0. The average molecular weight is 291 g/mol. The van der Waals surface area contributed by atoms with Crippen LogP contribution in [0.15, 0.2) is 17.4 Å². The van der Waals surface area contributed by atoms with E-state index in [0.717, 1.165) is 24.6 Å². The van der Waals surface area contributed by atoms with Crippen LogP contribution in [-0.2, 0) is 13.6 Å². The van der Waals surface area contributed by atoms with E-state index in [1.54, 1.807) is 0 Å². The molecule has 0 radical (unpaired) electrons. The van der Waals surface area contributed by atoms with Crippen molar-refractivity contribution in [3.05, 3.63) is 18.0 Å². The Morgan fingerprint density at radius 1 is 1.33 bits per heavy atom. The zero-order chi connectivity index (χ0) is 15.1. The van der Waals surface area contributed by atoms with Crippen LogP contribution < -0.4 is 10.6 Å². The van der Waals surface area contributed by atoms with E-state index in [0.29, 0.717) is 12.0 Å². The molecule has 0 amide bonds. The Hall–Kier alpha value is -1.52. The van der Waals surface area contributed by atoms with Gasteiger partial charge in [0.05, 0.1) is 12.7 Å². The molecule has 1 aliphatic carbocycles. The number of rotatable bonds is 6. The monoisotopic (exact) mass is 291 g/mol. The van der Waals surface area contributed by atoms with Crippen molar-refractivity contribution in [1.82, 2.24) is 20.4 Å². The summed E-state index contributed by atoms with van der Waals surface area (Å²) < 4.78 is 1.82. The molecule has 1 saturated carbocycles. The highest BCUT2D eigenvalue weighted by molar-refractivity contribution is 5.79. The number of hydrogen-bond acceptors (Lipinski definition) is 2. The predicted molar refractivity (Wildman–Crippen MR) is 87.2 cm³/mol. The van der Waals surface area contributed by atoms with Crippen molar-refractivity contribution >= 4 is 5.96 Å². The summed E-state index contributed by atoms with van der Waals surface area (Å²) in [7, 11) is 1.93. The third kappa shape index (κ3) is 4.48. The summed E-state index contributed by atoms with van der Waals surface area (Å²) in [5, 5.41) is 11.1. The Morgan fingerprint density at radius 3 is 2.67 bits per heavy atom. The van der Waals surface area contributed by atoms with Crippen LogP contribution in [0.4, 0.5) is 0 Å². The molecule has 0 unspecified atom stereocenters. The van der Waals surface area contributed by atoms with Crippen LogP contribution in [0.3, 0.4) is 0 Å². The molecule has 1 aromatic rings. The standard InChI is InChI=1S/C16H29N5/c1-4-16(8-6-7-9-16)13-19-15(17-5-2)18-10-14-11-20-21(3)12-14/h11-12H,4-10,13H2,1-3H3,(H2,17,18,19). The zero-order valence-electron chi connectivity index (χ0n) is 13.7. The fraction of sp³-hybridized carbons (Fsp3) is 0.750. The molecule has 5 heteroatoms. The first-order valence-electron chi connectivity index (χ1n) is 8.17. The molecular weight excluding hydrogens is 262 g/mol. The molecule has 2 N–H and O–H groups in total. The van der Waals surface area contributed by atoms with Crippen molar-refractivity contribution in [2.45, 2.75) is 52.5 Å². The maximum atomic E-state index is 4.66. The zero-order valence-corrected chi connectivity index (χ0v) is 13.7. The second-order valence-corrected chi connectivity index (χ2v) is 6.13. The molecule has 21 heavy (non-hydrogen) atoms. The number of aromatic nitrogens is 2. The smallest absolute Gasteiger partial charge is 0.191 e. The van der Waals surface area contributed by atoms with E-state index >= 15 is 0 Å². The summed E-state index contributed by atoms with van der Waals surface area (Å²) in [4.78, 5) is 4.66. The van der Waals surface area contributed by atoms with Crippen LogP contribution in [-0.4, -0.2) is 28.8 Å². The van der Waals surface area contributed by atoms with Gasteiger partial charge in [-0.3, -0.25) is 4.68 Å². The number of aliphatic imine (C=N–C) groups is 1. The lowest BCUT2D eigenvalue weighted by Crippen LogP contribution is -2.42. The van der Waals surface area contributed by atoms with Gasteiger partial charge in [0.2, 0.25) is 0 Å². The fourth-order valence-corrected chi connectivity index (χ4v) is 3.12. The van der Waals surface area contributed by atoms with Gasteiger partial charge in [-0.15, -0.1) is 0 Å². The van der Waals surface area contributed by atoms with Gasteiger partial charge in [-0.05, 0) is 31.6 Å². The number of hydrogen-bond donors (Lipinski definition) is 2. The van der Waals surface area contributed by atoms with E-state index in [9.17, 15) is 0 Å². The Balaban J connectivity index is 1.91. The summed E-state index contributed by atoms with van der Waals surface area (Å²) in [6, 6.07) is 0. The van der Waals surface area contributed by atoms with Crippen molar-refractivity contribution in [1.29, 1.82) is 0 Å². The van der Waals surface area contributed by atoms with Gasteiger partial charge in [0.1, 0.15) is 0 Å². The lowest BCUT2D eigenvalue weighted by molar-refractivity contribution is 0.283. The Kier molecular flexibility index (Phi) is 5.65. The van der Waals surface area contributed by atoms with E-state index in [1.165, 1.54) is 32.1 Å². The highest BCUT2D eigenvalue weighted by Crippen LogP contribution is 2.40. The molecule has 5 nitrogen and oxygen atoms in total. The van der Waals surface area contributed by atoms with Gasteiger partial charge < -0.3 is 10.6 Å². The summed E-state index contributed by atoms with van der Waals surface area (Å²) in [6.45, 7) is 7.00. The minimum atomic E-state index is 0.477. The van der Waals surface area contributed by atoms with Crippen molar-refractivity contribution in [2.75, 3.05) is 13.1 Å². The molecule has 1 aliphatic rings. The fourth-order valence-electron chi connectivity index (χ4n) is 3.12. The van der Waals surface area contributed by atoms with Gasteiger partial charge >= 0.3 is 0 Å². The highest BCUT2D eigenvalue weighted by atomic mass is 15.2. The topological polar surface area (TPSA) is 54.2 Å².